The molecule has 1 aromatic heterocycles. The summed E-state index contributed by atoms with van der Waals surface area (Å²) in [5.41, 5.74) is 1.75. The second-order valence-electron chi connectivity index (χ2n) is 6.56. The van der Waals surface area contributed by atoms with E-state index in [1.807, 2.05) is 0 Å². The molecule has 28 heavy (non-hydrogen) atoms. The Morgan fingerprint density at radius 2 is 1.79 bits per heavy atom. The van der Waals surface area contributed by atoms with Crippen LogP contribution in [0, 0.1) is 0 Å². The molecule has 144 valence electrons. The zero-order chi connectivity index (χ0) is 19.6. The van der Waals surface area contributed by atoms with E-state index in [2.05, 4.69) is 10.5 Å². The summed E-state index contributed by atoms with van der Waals surface area (Å²) in [6.07, 6.45) is 2.29. The number of fused-ring (bicyclic) bond motifs is 1. The molecule has 4 rings (SSSR count). The fraction of sp³-hybridized carbons (Fsp3) is 0.200. The minimum atomic E-state index is -3.54. The first-order valence-corrected chi connectivity index (χ1v) is 10.4. The van der Waals surface area contributed by atoms with Crippen molar-refractivity contribution in [2.45, 2.75) is 29.3 Å². The Balaban J connectivity index is 1.38. The lowest BCUT2D eigenvalue weighted by Crippen LogP contribution is -2.42. The monoisotopic (exact) mass is 397 g/mol. The standard InChI is InChI=1S/C20H19N3O4S/c24-20(23-11-10-19-16(14-23)13-22-27-19)21-12-15-6-8-18(9-7-15)28(25,26)17-4-2-1-3-5-17/h1-9,13H,10-12,14H2,(H,21,24). The molecule has 1 aliphatic heterocycles. The van der Waals surface area contributed by atoms with Gasteiger partial charge in [-0.15, -0.1) is 0 Å². The highest BCUT2D eigenvalue weighted by molar-refractivity contribution is 7.91. The van der Waals surface area contributed by atoms with Crippen LogP contribution in [0.2, 0.25) is 0 Å². The van der Waals surface area contributed by atoms with E-state index in [9.17, 15) is 13.2 Å². The van der Waals surface area contributed by atoms with Gasteiger partial charge in [-0.05, 0) is 29.8 Å². The average Bonchev–Trinajstić information content (AvgIpc) is 3.21. The van der Waals surface area contributed by atoms with Crippen LogP contribution >= 0.6 is 0 Å². The number of hydrogen-bond acceptors (Lipinski definition) is 5. The lowest BCUT2D eigenvalue weighted by Gasteiger charge is -2.25. The molecular weight excluding hydrogens is 378 g/mol. The molecule has 0 radical (unpaired) electrons. The topological polar surface area (TPSA) is 92.5 Å². The van der Waals surface area contributed by atoms with Crippen molar-refractivity contribution in [1.29, 1.82) is 0 Å². The number of urea groups is 1. The van der Waals surface area contributed by atoms with Crippen molar-refractivity contribution >= 4 is 15.9 Å². The molecule has 2 amide bonds. The largest absolute Gasteiger partial charge is 0.361 e. The Morgan fingerprint density at radius 1 is 1.07 bits per heavy atom. The Bertz CT molecular complexity index is 1080. The Morgan fingerprint density at radius 3 is 2.54 bits per heavy atom. The van der Waals surface area contributed by atoms with Crippen molar-refractivity contribution in [3.63, 3.8) is 0 Å². The highest BCUT2D eigenvalue weighted by atomic mass is 32.2. The van der Waals surface area contributed by atoms with Gasteiger partial charge in [0.1, 0.15) is 5.76 Å². The number of carbonyl (C=O) groups excluding carboxylic acids is 1. The highest BCUT2D eigenvalue weighted by Crippen LogP contribution is 2.21. The molecule has 2 aromatic carbocycles. The molecule has 0 saturated heterocycles. The number of rotatable bonds is 4. The van der Waals surface area contributed by atoms with Crippen molar-refractivity contribution in [2.24, 2.45) is 0 Å². The molecule has 1 aliphatic rings. The second-order valence-corrected chi connectivity index (χ2v) is 8.51. The highest BCUT2D eigenvalue weighted by Gasteiger charge is 2.23. The van der Waals surface area contributed by atoms with E-state index < -0.39 is 9.84 Å². The van der Waals surface area contributed by atoms with Gasteiger partial charge in [0.05, 0.1) is 22.5 Å². The van der Waals surface area contributed by atoms with Gasteiger partial charge in [-0.2, -0.15) is 0 Å². The quantitative estimate of drug-likeness (QED) is 0.731. The van der Waals surface area contributed by atoms with Gasteiger partial charge in [-0.25, -0.2) is 13.2 Å². The molecule has 7 nitrogen and oxygen atoms in total. The average molecular weight is 397 g/mol. The number of benzene rings is 2. The fourth-order valence-corrected chi connectivity index (χ4v) is 4.41. The molecule has 8 heteroatoms. The van der Waals surface area contributed by atoms with Crippen LogP contribution in [-0.2, 0) is 29.3 Å². The Kier molecular flexibility index (Phi) is 4.87. The molecule has 0 spiro atoms. The first-order valence-electron chi connectivity index (χ1n) is 8.88. The van der Waals surface area contributed by atoms with Crippen LogP contribution in [0.3, 0.4) is 0 Å². The maximum Gasteiger partial charge on any atom is 0.317 e. The predicted octanol–water partition coefficient (Wildman–Crippen LogP) is 2.78. The van der Waals surface area contributed by atoms with E-state index in [1.54, 1.807) is 65.7 Å². The molecule has 0 aliphatic carbocycles. The van der Waals surface area contributed by atoms with Crippen molar-refractivity contribution in [3.05, 3.63) is 77.7 Å². The number of nitrogens with zero attached hydrogens (tertiary/aromatic N) is 2. The zero-order valence-electron chi connectivity index (χ0n) is 15.0. The van der Waals surface area contributed by atoms with Gasteiger partial charge < -0.3 is 14.7 Å². The fourth-order valence-electron chi connectivity index (χ4n) is 3.13. The van der Waals surface area contributed by atoms with E-state index in [0.29, 0.717) is 26.1 Å². The lowest BCUT2D eigenvalue weighted by molar-refractivity contribution is 0.188. The molecule has 1 N–H and O–H groups in total. The number of carbonyl (C=O) groups is 1. The summed E-state index contributed by atoms with van der Waals surface area (Å²) in [6, 6.07) is 14.7. The Labute approximate surface area is 162 Å². The van der Waals surface area contributed by atoms with Crippen molar-refractivity contribution < 1.29 is 17.7 Å². The number of hydrogen-bond donors (Lipinski definition) is 1. The maximum absolute atomic E-state index is 12.6. The zero-order valence-corrected chi connectivity index (χ0v) is 15.9. The lowest BCUT2D eigenvalue weighted by atomic mass is 10.1. The molecule has 0 bridgehead atoms. The minimum Gasteiger partial charge on any atom is -0.361 e. The summed E-state index contributed by atoms with van der Waals surface area (Å²) in [4.78, 5) is 14.6. The number of nitrogens with one attached hydrogen (secondary N) is 1. The first kappa shape index (κ1) is 18.2. The smallest absolute Gasteiger partial charge is 0.317 e. The number of aromatic nitrogens is 1. The van der Waals surface area contributed by atoms with Gasteiger partial charge in [0.2, 0.25) is 9.84 Å². The summed E-state index contributed by atoms with van der Waals surface area (Å²) in [6.45, 7) is 1.36. The van der Waals surface area contributed by atoms with E-state index in [0.717, 1.165) is 16.9 Å². The first-order chi connectivity index (χ1) is 13.5. The molecule has 2 heterocycles. The van der Waals surface area contributed by atoms with Gasteiger partial charge in [0.25, 0.3) is 0 Å². The third-order valence-electron chi connectivity index (χ3n) is 4.72. The van der Waals surface area contributed by atoms with Crippen molar-refractivity contribution in [2.75, 3.05) is 6.54 Å². The summed E-state index contributed by atoms with van der Waals surface area (Å²) < 4.78 is 30.3. The molecular formula is C20H19N3O4S. The summed E-state index contributed by atoms with van der Waals surface area (Å²) in [7, 11) is -3.54. The van der Waals surface area contributed by atoms with Crippen molar-refractivity contribution in [1.82, 2.24) is 15.4 Å². The number of amides is 2. The molecule has 0 saturated carbocycles. The summed E-state index contributed by atoms with van der Waals surface area (Å²) >= 11 is 0. The number of sulfone groups is 1. The second kappa shape index (κ2) is 7.47. The van der Waals surface area contributed by atoms with E-state index in [4.69, 9.17) is 4.52 Å². The van der Waals surface area contributed by atoms with Gasteiger partial charge in [-0.3, -0.25) is 0 Å². The van der Waals surface area contributed by atoms with Crippen LogP contribution in [0.5, 0.6) is 0 Å². The van der Waals surface area contributed by atoms with Gasteiger partial charge in [0, 0.05) is 25.1 Å². The van der Waals surface area contributed by atoms with Crippen LogP contribution in [-0.4, -0.2) is 31.1 Å². The SMILES string of the molecule is O=C(NCc1ccc(S(=O)(=O)c2ccccc2)cc1)N1CCc2oncc2C1. The minimum absolute atomic E-state index is 0.173. The van der Waals surface area contributed by atoms with E-state index >= 15 is 0 Å². The predicted molar refractivity (Wildman–Crippen MR) is 101 cm³/mol. The van der Waals surface area contributed by atoms with E-state index in [1.165, 1.54) is 0 Å². The van der Waals surface area contributed by atoms with Gasteiger partial charge in [0.15, 0.2) is 0 Å². The summed E-state index contributed by atoms with van der Waals surface area (Å²) in [5, 5.41) is 6.63. The van der Waals surface area contributed by atoms with E-state index in [-0.39, 0.29) is 15.8 Å². The molecule has 0 atom stereocenters. The third kappa shape index (κ3) is 3.63. The van der Waals surface area contributed by atoms with Crippen molar-refractivity contribution in [3.8, 4) is 0 Å². The van der Waals surface area contributed by atoms with Gasteiger partial charge in [-0.1, -0.05) is 35.5 Å². The van der Waals surface area contributed by atoms with Crippen LogP contribution < -0.4 is 5.32 Å². The van der Waals surface area contributed by atoms with Crippen LogP contribution in [0.4, 0.5) is 4.79 Å². The third-order valence-corrected chi connectivity index (χ3v) is 6.50. The van der Waals surface area contributed by atoms with Gasteiger partial charge >= 0.3 is 6.03 Å². The van der Waals surface area contributed by atoms with Crippen LogP contribution in [0.15, 0.2) is 75.1 Å². The maximum atomic E-state index is 12.6. The molecule has 0 fully saturated rings. The summed E-state index contributed by atoms with van der Waals surface area (Å²) in [5.74, 6) is 0.833. The Hall–Kier alpha value is -3.13. The van der Waals surface area contributed by atoms with Crippen LogP contribution in [0.1, 0.15) is 16.9 Å². The van der Waals surface area contributed by atoms with Crippen LogP contribution in [0.25, 0.3) is 0 Å². The molecule has 3 aromatic rings. The molecule has 0 unspecified atom stereocenters. The normalized spacial score (nSPS) is 13.8.